The topological polar surface area (TPSA) is 104 Å². The predicted molar refractivity (Wildman–Crippen MR) is 105 cm³/mol. The molecule has 146 valence electrons. The molecule has 0 aliphatic heterocycles. The molecule has 0 fully saturated rings. The Morgan fingerprint density at radius 1 is 0.963 bits per heavy atom. The zero-order chi connectivity index (χ0) is 20.1. The van der Waals surface area contributed by atoms with Gasteiger partial charge in [-0.1, -0.05) is 36.4 Å². The zero-order valence-corrected chi connectivity index (χ0v) is 16.7. The van der Waals surface area contributed by atoms with Gasteiger partial charge in [0.25, 0.3) is 20.1 Å². The number of sulfonamides is 1. The van der Waals surface area contributed by atoms with Crippen LogP contribution in [0.25, 0.3) is 0 Å². The van der Waals surface area contributed by atoms with Crippen LogP contribution in [0.2, 0.25) is 0 Å². The highest BCUT2D eigenvalue weighted by atomic mass is 32.2. The van der Waals surface area contributed by atoms with E-state index in [1.165, 1.54) is 12.4 Å². The fourth-order valence-corrected chi connectivity index (χ4v) is 3.89. The second-order valence-corrected chi connectivity index (χ2v) is 9.54. The van der Waals surface area contributed by atoms with Crippen LogP contribution in [0.3, 0.4) is 0 Å². The molecule has 2 aromatic carbocycles. The third-order valence-electron chi connectivity index (χ3n) is 3.66. The molecule has 0 bridgehead atoms. The van der Waals surface area contributed by atoms with Crippen LogP contribution in [0, 0.1) is 0 Å². The molecule has 0 atom stereocenters. The van der Waals surface area contributed by atoms with E-state index >= 15 is 0 Å². The van der Waals surface area contributed by atoms with Crippen LogP contribution in [0.15, 0.2) is 57.8 Å². The Balaban J connectivity index is 2.19. The SMILES string of the molecule is CN(C)/C=N/S(=O)(=O)c1cccc(Cc2cccc(CCS(=O)(=O)O)c2)c1. The third-order valence-corrected chi connectivity index (χ3v) is 5.60. The Labute approximate surface area is 160 Å². The second-order valence-electron chi connectivity index (χ2n) is 6.34. The highest BCUT2D eigenvalue weighted by Crippen LogP contribution is 2.18. The molecule has 0 amide bonds. The molecule has 0 saturated carbocycles. The molecule has 0 aromatic heterocycles. The quantitative estimate of drug-likeness (QED) is 0.405. The molecule has 0 saturated heterocycles. The number of nitrogens with zero attached hydrogens (tertiary/aromatic N) is 2. The number of hydrogen-bond acceptors (Lipinski definition) is 4. The van der Waals surface area contributed by atoms with Gasteiger partial charge < -0.3 is 4.90 Å². The molecule has 2 aromatic rings. The summed E-state index contributed by atoms with van der Waals surface area (Å²) in [5.74, 6) is -0.339. The number of rotatable bonds is 8. The molecule has 27 heavy (non-hydrogen) atoms. The van der Waals surface area contributed by atoms with Gasteiger partial charge in [0.15, 0.2) is 0 Å². The van der Waals surface area contributed by atoms with Gasteiger partial charge in [-0.3, -0.25) is 4.55 Å². The average molecular weight is 411 g/mol. The van der Waals surface area contributed by atoms with Gasteiger partial charge >= 0.3 is 0 Å². The lowest BCUT2D eigenvalue weighted by atomic mass is 10.0. The summed E-state index contributed by atoms with van der Waals surface area (Å²) in [6.45, 7) is 0. The van der Waals surface area contributed by atoms with E-state index in [0.29, 0.717) is 6.42 Å². The Bertz CT molecular complexity index is 1030. The van der Waals surface area contributed by atoms with Gasteiger partial charge in [-0.15, -0.1) is 4.40 Å². The third kappa shape index (κ3) is 7.12. The Morgan fingerprint density at radius 3 is 2.19 bits per heavy atom. The van der Waals surface area contributed by atoms with Crippen molar-refractivity contribution in [2.75, 3.05) is 19.8 Å². The van der Waals surface area contributed by atoms with E-state index in [-0.39, 0.29) is 17.1 Å². The molecule has 0 spiro atoms. The first-order valence-electron chi connectivity index (χ1n) is 8.14. The van der Waals surface area contributed by atoms with Gasteiger partial charge in [0.1, 0.15) is 6.34 Å². The summed E-state index contributed by atoms with van der Waals surface area (Å²) in [5.41, 5.74) is 2.49. The van der Waals surface area contributed by atoms with Crippen molar-refractivity contribution in [3.05, 3.63) is 65.2 Å². The summed E-state index contributed by atoms with van der Waals surface area (Å²) in [4.78, 5) is 1.65. The molecule has 0 unspecified atom stereocenters. The van der Waals surface area contributed by atoms with E-state index in [2.05, 4.69) is 4.40 Å². The summed E-state index contributed by atoms with van der Waals surface area (Å²) in [7, 11) is -4.41. The summed E-state index contributed by atoms with van der Waals surface area (Å²) < 4.78 is 58.8. The predicted octanol–water partition coefficient (Wildman–Crippen LogP) is 1.99. The monoisotopic (exact) mass is 410 g/mol. The molecule has 0 heterocycles. The van der Waals surface area contributed by atoms with Crippen molar-refractivity contribution in [2.24, 2.45) is 4.40 Å². The summed E-state index contributed by atoms with van der Waals surface area (Å²) in [6, 6.07) is 13.9. The van der Waals surface area contributed by atoms with Crippen molar-refractivity contribution in [1.29, 1.82) is 0 Å². The number of benzene rings is 2. The van der Waals surface area contributed by atoms with E-state index in [1.807, 2.05) is 18.2 Å². The van der Waals surface area contributed by atoms with Crippen molar-refractivity contribution >= 4 is 26.5 Å². The van der Waals surface area contributed by atoms with Crippen molar-refractivity contribution in [3.63, 3.8) is 0 Å². The van der Waals surface area contributed by atoms with Gasteiger partial charge in [-0.2, -0.15) is 16.8 Å². The van der Waals surface area contributed by atoms with Crippen LogP contribution >= 0.6 is 0 Å². The van der Waals surface area contributed by atoms with Crippen LogP contribution in [-0.2, 0) is 33.0 Å². The standard InChI is InChI=1S/C18H22N2O5S2/c1-20(2)14-19-27(24,25)18-8-4-7-17(13-18)12-16-6-3-5-15(11-16)9-10-26(21,22)23/h3-8,11,13-14H,9-10,12H2,1-2H3,(H,21,22,23)/b19-14+. The smallest absolute Gasteiger partial charge is 0.283 e. The molecule has 1 N–H and O–H groups in total. The Hall–Kier alpha value is -2.23. The van der Waals surface area contributed by atoms with Gasteiger partial charge in [0, 0.05) is 14.1 Å². The lowest BCUT2D eigenvalue weighted by molar-refractivity contribution is 0.482. The minimum atomic E-state index is -4.01. The largest absolute Gasteiger partial charge is 0.368 e. The van der Waals surface area contributed by atoms with E-state index in [9.17, 15) is 16.8 Å². The lowest BCUT2D eigenvalue weighted by Crippen LogP contribution is -2.10. The average Bonchev–Trinajstić information content (AvgIpc) is 2.58. The maximum Gasteiger partial charge on any atom is 0.283 e. The zero-order valence-electron chi connectivity index (χ0n) is 15.1. The molecular formula is C18H22N2O5S2. The second kappa shape index (κ2) is 8.64. The Kier molecular flexibility index (Phi) is 6.74. The van der Waals surface area contributed by atoms with E-state index in [1.54, 1.807) is 43.3 Å². The fraction of sp³-hybridized carbons (Fsp3) is 0.278. The van der Waals surface area contributed by atoms with Crippen molar-refractivity contribution in [3.8, 4) is 0 Å². The van der Waals surface area contributed by atoms with Crippen LogP contribution in [-0.4, -0.2) is 52.5 Å². The van der Waals surface area contributed by atoms with Gasteiger partial charge in [-0.25, -0.2) is 0 Å². The van der Waals surface area contributed by atoms with E-state index in [0.717, 1.165) is 16.7 Å². The normalized spacial score (nSPS) is 12.4. The van der Waals surface area contributed by atoms with Crippen LogP contribution in [0.4, 0.5) is 0 Å². The first-order chi connectivity index (χ1) is 12.5. The lowest BCUT2D eigenvalue weighted by Gasteiger charge is -2.07. The highest BCUT2D eigenvalue weighted by Gasteiger charge is 2.13. The van der Waals surface area contributed by atoms with Crippen LogP contribution < -0.4 is 0 Å². The van der Waals surface area contributed by atoms with Gasteiger partial charge in [0.05, 0.1) is 10.6 Å². The summed E-state index contributed by atoms with van der Waals surface area (Å²) in [6.07, 6.45) is 1.93. The maximum atomic E-state index is 12.3. The molecule has 9 heteroatoms. The molecule has 0 aliphatic rings. The highest BCUT2D eigenvalue weighted by molar-refractivity contribution is 7.90. The first-order valence-corrected chi connectivity index (χ1v) is 11.2. The fourth-order valence-electron chi connectivity index (χ4n) is 2.41. The molecule has 0 aliphatic carbocycles. The van der Waals surface area contributed by atoms with Crippen LogP contribution in [0.1, 0.15) is 16.7 Å². The minimum absolute atomic E-state index is 0.112. The maximum absolute atomic E-state index is 12.3. The van der Waals surface area contributed by atoms with Crippen molar-refractivity contribution < 1.29 is 21.4 Å². The number of aryl methyl sites for hydroxylation is 1. The molecule has 0 radical (unpaired) electrons. The van der Waals surface area contributed by atoms with Crippen molar-refractivity contribution in [2.45, 2.75) is 17.7 Å². The Morgan fingerprint density at radius 2 is 1.56 bits per heavy atom. The van der Waals surface area contributed by atoms with E-state index in [4.69, 9.17) is 4.55 Å². The summed E-state index contributed by atoms with van der Waals surface area (Å²) >= 11 is 0. The van der Waals surface area contributed by atoms with Gasteiger partial charge in [0.2, 0.25) is 0 Å². The molecule has 2 rings (SSSR count). The number of hydrogen-bond donors (Lipinski definition) is 1. The summed E-state index contributed by atoms with van der Waals surface area (Å²) in [5, 5.41) is 0. The van der Waals surface area contributed by atoms with Gasteiger partial charge in [-0.05, 0) is 41.7 Å². The molecular weight excluding hydrogens is 388 g/mol. The van der Waals surface area contributed by atoms with Crippen molar-refractivity contribution in [1.82, 2.24) is 4.90 Å². The van der Waals surface area contributed by atoms with Crippen LogP contribution in [0.5, 0.6) is 0 Å². The van der Waals surface area contributed by atoms with E-state index < -0.39 is 20.1 Å². The molecule has 7 nitrogen and oxygen atoms in total. The minimum Gasteiger partial charge on any atom is -0.368 e. The first kappa shape index (κ1) is 21.1.